The van der Waals surface area contributed by atoms with Gasteiger partial charge in [-0.3, -0.25) is 0 Å². The van der Waals surface area contributed by atoms with E-state index in [1.54, 1.807) is 6.07 Å². The van der Waals surface area contributed by atoms with E-state index < -0.39 is 0 Å². The molecule has 1 aliphatic heterocycles. The summed E-state index contributed by atoms with van der Waals surface area (Å²) in [7, 11) is 0. The molecule has 2 heterocycles. The van der Waals surface area contributed by atoms with Crippen LogP contribution in [0.1, 0.15) is 35.4 Å². The fourth-order valence-corrected chi connectivity index (χ4v) is 2.59. The maximum absolute atomic E-state index is 5.87. The summed E-state index contributed by atoms with van der Waals surface area (Å²) in [5.41, 5.74) is 3.71. The molecule has 1 aliphatic rings. The van der Waals surface area contributed by atoms with Gasteiger partial charge in [-0.15, -0.1) is 0 Å². The second-order valence-corrected chi connectivity index (χ2v) is 5.03. The minimum absolute atomic E-state index is 0.0309. The first-order valence-electron chi connectivity index (χ1n) is 6.46. The molecular weight excluding hydrogens is 262 g/mol. The second kappa shape index (κ2) is 5.37. The normalized spacial score (nSPS) is 15.5. The number of hydrogen-bond donors (Lipinski definition) is 1. The number of benzene rings is 1. The average Bonchev–Trinajstić information content (AvgIpc) is 3.03. The van der Waals surface area contributed by atoms with E-state index in [-0.39, 0.29) is 6.04 Å². The summed E-state index contributed by atoms with van der Waals surface area (Å²) in [5, 5.41) is 3.85. The first-order valence-corrected chi connectivity index (χ1v) is 6.84. The van der Waals surface area contributed by atoms with Crippen LogP contribution >= 0.6 is 11.6 Å². The average molecular weight is 278 g/mol. The van der Waals surface area contributed by atoms with Crippen molar-refractivity contribution >= 4 is 11.6 Å². The maximum Gasteiger partial charge on any atom is 0.193 e. The van der Waals surface area contributed by atoms with Crippen LogP contribution in [0.4, 0.5) is 0 Å². The summed E-state index contributed by atoms with van der Waals surface area (Å²) in [6.45, 7) is 4.35. The van der Waals surface area contributed by atoms with Gasteiger partial charge in [0.25, 0.3) is 0 Å². The van der Waals surface area contributed by atoms with Crippen molar-refractivity contribution in [2.75, 3.05) is 6.54 Å². The molecule has 1 unspecified atom stereocenters. The third-order valence-corrected chi connectivity index (χ3v) is 3.57. The van der Waals surface area contributed by atoms with Gasteiger partial charge in [0.05, 0.1) is 19.3 Å². The highest BCUT2D eigenvalue weighted by Crippen LogP contribution is 2.29. The van der Waals surface area contributed by atoms with Crippen molar-refractivity contribution in [3.8, 4) is 0 Å². The topological polar surface area (TPSA) is 34.4 Å². The van der Waals surface area contributed by atoms with Gasteiger partial charge in [0.15, 0.2) is 5.22 Å². The smallest absolute Gasteiger partial charge is 0.193 e. The van der Waals surface area contributed by atoms with E-state index in [0.717, 1.165) is 12.3 Å². The molecule has 0 fully saturated rings. The Kier molecular flexibility index (Phi) is 3.60. The lowest BCUT2D eigenvalue weighted by atomic mass is 9.99. The van der Waals surface area contributed by atoms with E-state index in [2.05, 4.69) is 30.4 Å². The SMILES string of the molecule is CCNC(c1ccc2c(c1)COC2)c1ccc(Cl)o1. The molecule has 1 atom stereocenters. The fourth-order valence-electron chi connectivity index (χ4n) is 2.44. The minimum atomic E-state index is 0.0309. The number of furan rings is 1. The Morgan fingerprint density at radius 1 is 1.21 bits per heavy atom. The molecule has 19 heavy (non-hydrogen) atoms. The van der Waals surface area contributed by atoms with Crippen molar-refractivity contribution in [1.82, 2.24) is 5.32 Å². The van der Waals surface area contributed by atoms with Crippen molar-refractivity contribution < 1.29 is 9.15 Å². The Morgan fingerprint density at radius 2 is 2.05 bits per heavy atom. The summed E-state index contributed by atoms with van der Waals surface area (Å²) in [4.78, 5) is 0. The van der Waals surface area contributed by atoms with Crippen LogP contribution in [-0.4, -0.2) is 6.54 Å². The molecule has 1 aromatic heterocycles. The van der Waals surface area contributed by atoms with Gasteiger partial charge in [-0.25, -0.2) is 0 Å². The number of fused-ring (bicyclic) bond motifs is 1. The molecule has 1 aromatic carbocycles. The van der Waals surface area contributed by atoms with Gasteiger partial charge in [0, 0.05) is 0 Å². The molecule has 3 rings (SSSR count). The molecule has 4 heteroatoms. The predicted molar refractivity (Wildman–Crippen MR) is 74.2 cm³/mol. The van der Waals surface area contributed by atoms with Gasteiger partial charge < -0.3 is 14.5 Å². The molecule has 0 saturated carbocycles. The van der Waals surface area contributed by atoms with E-state index in [0.29, 0.717) is 18.4 Å². The Labute approximate surface area is 117 Å². The van der Waals surface area contributed by atoms with Crippen LogP contribution in [0.5, 0.6) is 0 Å². The van der Waals surface area contributed by atoms with Crippen molar-refractivity contribution in [3.63, 3.8) is 0 Å². The molecule has 0 spiro atoms. The molecule has 3 nitrogen and oxygen atoms in total. The van der Waals surface area contributed by atoms with Crippen LogP contribution in [0, 0.1) is 0 Å². The van der Waals surface area contributed by atoms with Crippen LogP contribution in [0.3, 0.4) is 0 Å². The summed E-state index contributed by atoms with van der Waals surface area (Å²) >= 11 is 5.87. The number of halogens is 1. The quantitative estimate of drug-likeness (QED) is 0.926. The summed E-state index contributed by atoms with van der Waals surface area (Å²) in [5.74, 6) is 0.839. The molecule has 0 radical (unpaired) electrons. The largest absolute Gasteiger partial charge is 0.448 e. The molecule has 0 saturated heterocycles. The van der Waals surface area contributed by atoms with E-state index in [1.165, 1.54) is 16.7 Å². The van der Waals surface area contributed by atoms with Crippen molar-refractivity contribution in [2.45, 2.75) is 26.2 Å². The standard InChI is InChI=1S/C15H16ClNO2/c1-2-17-15(13-5-6-14(16)19-13)10-3-4-11-8-18-9-12(11)7-10/h3-7,15,17H,2,8-9H2,1H3. The highest BCUT2D eigenvalue weighted by Gasteiger charge is 2.19. The van der Waals surface area contributed by atoms with Gasteiger partial charge in [-0.1, -0.05) is 25.1 Å². The summed E-state index contributed by atoms with van der Waals surface area (Å²) < 4.78 is 11.0. The van der Waals surface area contributed by atoms with Crippen molar-refractivity contribution in [2.24, 2.45) is 0 Å². The lowest BCUT2D eigenvalue weighted by Crippen LogP contribution is -2.21. The predicted octanol–water partition coefficient (Wildman–Crippen LogP) is 3.66. The fraction of sp³-hybridized carbons (Fsp3) is 0.333. The highest BCUT2D eigenvalue weighted by atomic mass is 35.5. The zero-order valence-electron chi connectivity index (χ0n) is 10.8. The number of nitrogens with one attached hydrogen (secondary N) is 1. The first-order chi connectivity index (χ1) is 9.28. The van der Waals surface area contributed by atoms with Gasteiger partial charge in [-0.05, 0) is 47.0 Å². The second-order valence-electron chi connectivity index (χ2n) is 4.65. The zero-order valence-corrected chi connectivity index (χ0v) is 11.5. The molecule has 100 valence electrons. The molecular formula is C15H16ClNO2. The zero-order chi connectivity index (χ0) is 13.2. The Hall–Kier alpha value is -1.29. The summed E-state index contributed by atoms with van der Waals surface area (Å²) in [6, 6.07) is 10.2. The van der Waals surface area contributed by atoms with Crippen LogP contribution < -0.4 is 5.32 Å². The molecule has 0 aliphatic carbocycles. The van der Waals surface area contributed by atoms with Gasteiger partial charge >= 0.3 is 0 Å². The number of rotatable bonds is 4. The van der Waals surface area contributed by atoms with Crippen LogP contribution in [0.2, 0.25) is 5.22 Å². The van der Waals surface area contributed by atoms with E-state index in [4.69, 9.17) is 20.8 Å². The minimum Gasteiger partial charge on any atom is -0.448 e. The number of ether oxygens (including phenoxy) is 1. The highest BCUT2D eigenvalue weighted by molar-refractivity contribution is 6.28. The molecule has 1 N–H and O–H groups in total. The van der Waals surface area contributed by atoms with Gasteiger partial charge in [-0.2, -0.15) is 0 Å². The first kappa shape index (κ1) is 12.7. The maximum atomic E-state index is 5.87. The van der Waals surface area contributed by atoms with Crippen LogP contribution in [0.25, 0.3) is 0 Å². The lowest BCUT2D eigenvalue weighted by Gasteiger charge is -2.16. The van der Waals surface area contributed by atoms with Crippen LogP contribution in [0.15, 0.2) is 34.7 Å². The number of hydrogen-bond acceptors (Lipinski definition) is 3. The monoisotopic (exact) mass is 277 g/mol. The Morgan fingerprint density at radius 3 is 2.79 bits per heavy atom. The van der Waals surface area contributed by atoms with Crippen LogP contribution in [-0.2, 0) is 18.0 Å². The molecule has 2 aromatic rings. The van der Waals surface area contributed by atoms with E-state index >= 15 is 0 Å². The Balaban J connectivity index is 1.95. The van der Waals surface area contributed by atoms with E-state index in [1.807, 2.05) is 6.07 Å². The lowest BCUT2D eigenvalue weighted by molar-refractivity contribution is 0.134. The van der Waals surface area contributed by atoms with Crippen molar-refractivity contribution in [1.29, 1.82) is 0 Å². The Bertz CT molecular complexity index is 579. The van der Waals surface area contributed by atoms with Gasteiger partial charge in [0.2, 0.25) is 0 Å². The third kappa shape index (κ3) is 2.54. The third-order valence-electron chi connectivity index (χ3n) is 3.37. The van der Waals surface area contributed by atoms with E-state index in [9.17, 15) is 0 Å². The summed E-state index contributed by atoms with van der Waals surface area (Å²) in [6.07, 6.45) is 0. The van der Waals surface area contributed by atoms with Gasteiger partial charge in [0.1, 0.15) is 5.76 Å². The molecule has 0 amide bonds. The molecule has 0 bridgehead atoms. The van der Waals surface area contributed by atoms with Crippen molar-refractivity contribution in [3.05, 3.63) is 58.0 Å².